The molecule has 2 aromatic carbocycles. The van der Waals surface area contributed by atoms with Crippen LogP contribution >= 0.6 is 0 Å². The molecule has 7 nitrogen and oxygen atoms in total. The lowest BCUT2D eigenvalue weighted by molar-refractivity contribution is -0.128. The summed E-state index contributed by atoms with van der Waals surface area (Å²) in [6.07, 6.45) is 0.437. The summed E-state index contributed by atoms with van der Waals surface area (Å²) in [6, 6.07) is 14.8. The first-order valence-electron chi connectivity index (χ1n) is 8.48. The van der Waals surface area contributed by atoms with Crippen LogP contribution in [0.3, 0.4) is 0 Å². The largest absolute Gasteiger partial charge is 0.327 e. The lowest BCUT2D eigenvalue weighted by atomic mass is 10.1. The van der Waals surface area contributed by atoms with Gasteiger partial charge in [0.1, 0.15) is 6.04 Å². The molecule has 0 spiro atoms. The second kappa shape index (κ2) is 7.50. The maximum atomic E-state index is 12.8. The molecule has 1 heterocycles. The maximum absolute atomic E-state index is 12.8. The van der Waals surface area contributed by atoms with E-state index < -0.39 is 16.1 Å². The fourth-order valence-electron chi connectivity index (χ4n) is 3.08. The number of sulfonamides is 1. The number of carbonyl (C=O) groups is 2. The van der Waals surface area contributed by atoms with Gasteiger partial charge in [0, 0.05) is 13.5 Å². The number of benzene rings is 2. The van der Waals surface area contributed by atoms with Gasteiger partial charge in [0.25, 0.3) is 5.91 Å². The molecule has 3 amide bonds. The molecule has 1 aliphatic rings. The number of hydrogen-bond donors (Lipinski definition) is 1. The molecule has 0 bridgehead atoms. The molecule has 0 aliphatic carbocycles. The van der Waals surface area contributed by atoms with E-state index in [9.17, 15) is 18.0 Å². The molecule has 1 fully saturated rings. The molecule has 1 unspecified atom stereocenters. The summed E-state index contributed by atoms with van der Waals surface area (Å²) in [5.41, 5.74) is 1.54. The predicted molar refractivity (Wildman–Crippen MR) is 100 cm³/mol. The van der Waals surface area contributed by atoms with E-state index in [-0.39, 0.29) is 23.4 Å². The summed E-state index contributed by atoms with van der Waals surface area (Å²) in [4.78, 5) is 28.1. The minimum atomic E-state index is -3.59. The third kappa shape index (κ3) is 3.86. The number of carbonyl (C=O) groups excluding carboxylic acids is 2. The molecule has 1 N–H and O–H groups in total. The summed E-state index contributed by atoms with van der Waals surface area (Å²) in [5.74, 6) is -0.284. The Morgan fingerprint density at radius 2 is 1.67 bits per heavy atom. The SMILES string of the molecule is CNS(=O)(=O)c1cccc(CN2C(=O)C(Cc3ccccc3)N(C)C2=O)c1. The lowest BCUT2D eigenvalue weighted by Gasteiger charge is -2.15. The third-order valence-electron chi connectivity index (χ3n) is 4.64. The Morgan fingerprint density at radius 3 is 2.33 bits per heavy atom. The van der Waals surface area contributed by atoms with Gasteiger partial charge in [-0.1, -0.05) is 42.5 Å². The topological polar surface area (TPSA) is 86.8 Å². The molecule has 3 rings (SSSR count). The molecule has 27 heavy (non-hydrogen) atoms. The van der Waals surface area contributed by atoms with Crippen molar-refractivity contribution in [3.05, 3.63) is 65.7 Å². The number of imide groups is 1. The van der Waals surface area contributed by atoms with Gasteiger partial charge in [-0.2, -0.15) is 0 Å². The molecule has 1 atom stereocenters. The predicted octanol–water partition coefficient (Wildman–Crippen LogP) is 1.60. The number of hydrogen-bond acceptors (Lipinski definition) is 4. The Kier molecular flexibility index (Phi) is 5.29. The van der Waals surface area contributed by atoms with Crippen molar-refractivity contribution in [3.8, 4) is 0 Å². The zero-order valence-electron chi connectivity index (χ0n) is 15.1. The number of nitrogens with one attached hydrogen (secondary N) is 1. The Hall–Kier alpha value is -2.71. The highest BCUT2D eigenvalue weighted by Gasteiger charge is 2.42. The summed E-state index contributed by atoms with van der Waals surface area (Å²) in [5, 5.41) is 0. The van der Waals surface area contributed by atoms with Gasteiger partial charge in [0.05, 0.1) is 11.4 Å². The van der Waals surface area contributed by atoms with Gasteiger partial charge in [-0.3, -0.25) is 9.69 Å². The van der Waals surface area contributed by atoms with E-state index in [1.165, 1.54) is 29.0 Å². The molecule has 0 saturated carbocycles. The third-order valence-corrected chi connectivity index (χ3v) is 6.05. The molecule has 142 valence electrons. The van der Waals surface area contributed by atoms with Gasteiger partial charge >= 0.3 is 6.03 Å². The molecule has 8 heteroatoms. The summed E-state index contributed by atoms with van der Waals surface area (Å²) >= 11 is 0. The standard InChI is InChI=1S/C19H21N3O4S/c1-20-27(25,26)16-10-6-9-15(11-16)13-22-18(23)17(21(2)19(22)24)12-14-7-4-3-5-8-14/h3-11,17,20H,12-13H2,1-2H3. The smallest absolute Gasteiger partial charge is 0.315 e. The quantitative estimate of drug-likeness (QED) is 0.763. The first-order chi connectivity index (χ1) is 12.8. The highest BCUT2D eigenvalue weighted by Crippen LogP contribution is 2.22. The van der Waals surface area contributed by atoms with Gasteiger partial charge in [0.2, 0.25) is 10.0 Å². The van der Waals surface area contributed by atoms with Gasteiger partial charge < -0.3 is 4.90 Å². The highest BCUT2D eigenvalue weighted by atomic mass is 32.2. The van der Waals surface area contributed by atoms with Crippen LogP contribution in [0.15, 0.2) is 59.5 Å². The average Bonchev–Trinajstić information content (AvgIpc) is 2.87. The Morgan fingerprint density at radius 1 is 1.00 bits per heavy atom. The van der Waals surface area contributed by atoms with Crippen LogP contribution in [-0.4, -0.2) is 50.3 Å². The Bertz CT molecular complexity index is 960. The van der Waals surface area contributed by atoms with Gasteiger partial charge in [-0.25, -0.2) is 17.9 Å². The molecule has 1 saturated heterocycles. The molecule has 0 aromatic heterocycles. The van der Waals surface area contributed by atoms with Gasteiger partial charge in [0.15, 0.2) is 0 Å². The summed E-state index contributed by atoms with van der Waals surface area (Å²) < 4.78 is 26.2. The van der Waals surface area contributed by atoms with Crippen LogP contribution in [0.2, 0.25) is 0 Å². The monoisotopic (exact) mass is 387 g/mol. The molecular formula is C19H21N3O4S. The van der Waals surface area contributed by atoms with Crippen molar-refractivity contribution in [1.29, 1.82) is 0 Å². The second-order valence-electron chi connectivity index (χ2n) is 6.38. The van der Waals surface area contributed by atoms with Crippen LogP contribution in [0.5, 0.6) is 0 Å². The van der Waals surface area contributed by atoms with Crippen molar-refractivity contribution in [2.45, 2.75) is 23.9 Å². The second-order valence-corrected chi connectivity index (χ2v) is 8.26. The van der Waals surface area contributed by atoms with E-state index in [2.05, 4.69) is 4.72 Å². The van der Waals surface area contributed by atoms with Gasteiger partial charge in [-0.15, -0.1) is 0 Å². The zero-order valence-corrected chi connectivity index (χ0v) is 15.9. The minimum absolute atomic E-state index is 0.0281. The average molecular weight is 387 g/mol. The van der Waals surface area contributed by atoms with E-state index in [0.29, 0.717) is 12.0 Å². The Labute approximate surface area is 158 Å². The molecular weight excluding hydrogens is 366 g/mol. The molecule has 0 radical (unpaired) electrons. The first-order valence-corrected chi connectivity index (χ1v) is 9.96. The summed E-state index contributed by atoms with van der Waals surface area (Å²) in [6.45, 7) is 0.0281. The highest BCUT2D eigenvalue weighted by molar-refractivity contribution is 7.89. The summed E-state index contributed by atoms with van der Waals surface area (Å²) in [7, 11) is -0.653. The molecule has 2 aromatic rings. The number of urea groups is 1. The normalized spacial score (nSPS) is 17.6. The number of amides is 3. The van der Waals surface area contributed by atoms with Crippen LogP contribution in [0.4, 0.5) is 4.79 Å². The van der Waals surface area contributed by atoms with Crippen molar-refractivity contribution in [2.24, 2.45) is 0 Å². The first kappa shape index (κ1) is 19.1. The van der Waals surface area contributed by atoms with Crippen LogP contribution in [0, 0.1) is 0 Å². The molecule has 1 aliphatic heterocycles. The van der Waals surface area contributed by atoms with Crippen molar-refractivity contribution >= 4 is 22.0 Å². The van der Waals surface area contributed by atoms with E-state index in [1.807, 2.05) is 30.3 Å². The minimum Gasteiger partial charge on any atom is -0.315 e. The van der Waals surface area contributed by atoms with Crippen LogP contribution in [-0.2, 0) is 27.8 Å². The van der Waals surface area contributed by atoms with E-state index in [4.69, 9.17) is 0 Å². The number of likely N-dealkylation sites (N-methyl/N-ethyl adjacent to an activating group) is 1. The van der Waals surface area contributed by atoms with E-state index in [1.54, 1.807) is 19.2 Å². The van der Waals surface area contributed by atoms with Crippen molar-refractivity contribution in [3.63, 3.8) is 0 Å². The van der Waals surface area contributed by atoms with Crippen LogP contribution in [0.1, 0.15) is 11.1 Å². The number of rotatable bonds is 6. The van der Waals surface area contributed by atoms with Gasteiger partial charge in [-0.05, 0) is 30.3 Å². The van der Waals surface area contributed by atoms with Crippen LogP contribution < -0.4 is 4.72 Å². The zero-order chi connectivity index (χ0) is 19.6. The fraction of sp³-hybridized carbons (Fsp3) is 0.263. The van der Waals surface area contributed by atoms with E-state index in [0.717, 1.165) is 5.56 Å². The maximum Gasteiger partial charge on any atom is 0.327 e. The fourth-order valence-corrected chi connectivity index (χ4v) is 3.88. The van der Waals surface area contributed by atoms with Crippen molar-refractivity contribution < 1.29 is 18.0 Å². The van der Waals surface area contributed by atoms with Crippen LogP contribution in [0.25, 0.3) is 0 Å². The van der Waals surface area contributed by atoms with Crippen molar-refractivity contribution in [2.75, 3.05) is 14.1 Å². The van der Waals surface area contributed by atoms with Crippen molar-refractivity contribution in [1.82, 2.24) is 14.5 Å². The lowest BCUT2D eigenvalue weighted by Crippen LogP contribution is -2.33. The van der Waals surface area contributed by atoms with E-state index >= 15 is 0 Å². The Balaban J connectivity index is 1.81. The number of nitrogens with zero attached hydrogens (tertiary/aromatic N) is 2.